The summed E-state index contributed by atoms with van der Waals surface area (Å²) in [4.78, 5) is 10.4. The largest absolute Gasteiger partial charge is 0.264 e. The summed E-state index contributed by atoms with van der Waals surface area (Å²) in [7, 11) is 0. The van der Waals surface area contributed by atoms with Gasteiger partial charge in [0.2, 0.25) is 5.54 Å². The van der Waals surface area contributed by atoms with Crippen LogP contribution in [0.3, 0.4) is 0 Å². The highest BCUT2D eigenvalue weighted by Gasteiger charge is 2.32. The second-order valence-corrected chi connectivity index (χ2v) is 3.68. The lowest BCUT2D eigenvalue weighted by Gasteiger charge is -2.15. The SMILES string of the molecule is Cc1ccc(C(C)(C)[N+](=O)[O-])cc1. The first kappa shape index (κ1) is 9.71. The molecule has 0 N–H and O–H groups in total. The van der Waals surface area contributed by atoms with E-state index >= 15 is 0 Å². The predicted molar refractivity (Wildman–Crippen MR) is 51.2 cm³/mol. The van der Waals surface area contributed by atoms with E-state index in [4.69, 9.17) is 0 Å². The van der Waals surface area contributed by atoms with E-state index < -0.39 is 5.54 Å². The molecule has 0 saturated heterocycles. The fourth-order valence-corrected chi connectivity index (χ4v) is 1.07. The molecule has 0 spiro atoms. The fourth-order valence-electron chi connectivity index (χ4n) is 1.07. The van der Waals surface area contributed by atoms with Crippen molar-refractivity contribution in [2.45, 2.75) is 26.3 Å². The van der Waals surface area contributed by atoms with Crippen molar-refractivity contribution in [2.24, 2.45) is 0 Å². The highest BCUT2D eigenvalue weighted by atomic mass is 16.6. The lowest BCUT2D eigenvalue weighted by molar-refractivity contribution is -0.569. The van der Waals surface area contributed by atoms with Gasteiger partial charge in [-0.05, 0) is 6.92 Å². The van der Waals surface area contributed by atoms with Crippen LogP contribution in [-0.4, -0.2) is 4.92 Å². The standard InChI is InChI=1S/C10H13NO2/c1-8-4-6-9(7-5-8)10(2,3)11(12)13/h4-7H,1-3H3. The number of nitro groups is 1. The van der Waals surface area contributed by atoms with E-state index in [9.17, 15) is 10.1 Å². The maximum atomic E-state index is 10.7. The van der Waals surface area contributed by atoms with Gasteiger partial charge in [0.15, 0.2) is 0 Å². The molecule has 0 amide bonds. The molecule has 13 heavy (non-hydrogen) atoms. The van der Waals surface area contributed by atoms with Crippen molar-refractivity contribution >= 4 is 0 Å². The van der Waals surface area contributed by atoms with Gasteiger partial charge in [-0.25, -0.2) is 0 Å². The van der Waals surface area contributed by atoms with Crippen LogP contribution in [0.2, 0.25) is 0 Å². The van der Waals surface area contributed by atoms with Crippen LogP contribution in [0.25, 0.3) is 0 Å². The fraction of sp³-hybridized carbons (Fsp3) is 0.400. The first-order valence-corrected chi connectivity index (χ1v) is 4.16. The van der Waals surface area contributed by atoms with E-state index in [1.165, 1.54) is 0 Å². The number of aryl methyl sites for hydroxylation is 1. The van der Waals surface area contributed by atoms with Crippen LogP contribution in [-0.2, 0) is 5.54 Å². The number of nitrogens with zero attached hydrogens (tertiary/aromatic N) is 1. The number of benzene rings is 1. The van der Waals surface area contributed by atoms with Crippen molar-refractivity contribution in [2.75, 3.05) is 0 Å². The average molecular weight is 179 g/mol. The Labute approximate surface area is 77.5 Å². The molecule has 1 aromatic carbocycles. The first-order chi connectivity index (χ1) is 5.94. The van der Waals surface area contributed by atoms with Gasteiger partial charge in [-0.1, -0.05) is 29.8 Å². The Morgan fingerprint density at radius 3 is 2.08 bits per heavy atom. The molecule has 0 unspecified atom stereocenters. The number of hydrogen-bond donors (Lipinski definition) is 0. The third-order valence-corrected chi connectivity index (χ3v) is 2.21. The van der Waals surface area contributed by atoms with Gasteiger partial charge >= 0.3 is 0 Å². The smallest absolute Gasteiger partial charge is 0.241 e. The molecule has 70 valence electrons. The summed E-state index contributed by atoms with van der Waals surface area (Å²) in [5, 5.41) is 10.7. The molecule has 0 atom stereocenters. The molecule has 0 aliphatic rings. The maximum absolute atomic E-state index is 10.7. The molecule has 0 fully saturated rings. The molecule has 1 aromatic rings. The zero-order valence-electron chi connectivity index (χ0n) is 8.07. The molecule has 0 saturated carbocycles. The minimum Gasteiger partial charge on any atom is -0.264 e. The van der Waals surface area contributed by atoms with Gasteiger partial charge in [-0.2, -0.15) is 0 Å². The molecule has 0 heterocycles. The van der Waals surface area contributed by atoms with Crippen LogP contribution in [0.4, 0.5) is 0 Å². The van der Waals surface area contributed by atoms with Gasteiger partial charge in [0.05, 0.1) is 0 Å². The highest BCUT2D eigenvalue weighted by Crippen LogP contribution is 2.23. The Kier molecular flexibility index (Phi) is 2.36. The minimum absolute atomic E-state index is 0.266. The average Bonchev–Trinajstić information content (AvgIpc) is 2.04. The molecular weight excluding hydrogens is 166 g/mol. The summed E-state index contributed by atoms with van der Waals surface area (Å²) in [5.74, 6) is 0. The van der Waals surface area contributed by atoms with Crippen LogP contribution in [0.5, 0.6) is 0 Å². The first-order valence-electron chi connectivity index (χ1n) is 4.16. The van der Waals surface area contributed by atoms with Crippen molar-refractivity contribution in [3.63, 3.8) is 0 Å². The summed E-state index contributed by atoms with van der Waals surface area (Å²) < 4.78 is 0. The third kappa shape index (κ3) is 1.86. The van der Waals surface area contributed by atoms with Crippen LogP contribution in [0.1, 0.15) is 25.0 Å². The summed E-state index contributed by atoms with van der Waals surface area (Å²) >= 11 is 0. The van der Waals surface area contributed by atoms with Gasteiger partial charge in [-0.15, -0.1) is 0 Å². The Bertz CT molecular complexity index is 314. The van der Waals surface area contributed by atoms with E-state index in [-0.39, 0.29) is 4.92 Å². The van der Waals surface area contributed by atoms with E-state index in [2.05, 4.69) is 0 Å². The summed E-state index contributed by atoms with van der Waals surface area (Å²) in [6, 6.07) is 7.39. The zero-order chi connectivity index (χ0) is 10.1. The van der Waals surface area contributed by atoms with Gasteiger partial charge < -0.3 is 0 Å². The summed E-state index contributed by atoms with van der Waals surface area (Å²) in [6.07, 6.45) is 0. The predicted octanol–water partition coefficient (Wildman–Crippen LogP) is 2.51. The topological polar surface area (TPSA) is 43.1 Å². The lowest BCUT2D eigenvalue weighted by Crippen LogP contribution is -2.27. The molecule has 0 aliphatic heterocycles. The number of rotatable bonds is 2. The Morgan fingerprint density at radius 2 is 1.69 bits per heavy atom. The molecule has 1 rings (SSSR count). The van der Waals surface area contributed by atoms with Gasteiger partial charge in [0.1, 0.15) is 0 Å². The second kappa shape index (κ2) is 3.17. The van der Waals surface area contributed by atoms with E-state index in [0.29, 0.717) is 0 Å². The lowest BCUT2D eigenvalue weighted by atomic mass is 9.94. The van der Waals surface area contributed by atoms with Gasteiger partial charge in [0.25, 0.3) is 0 Å². The normalized spacial score (nSPS) is 11.3. The van der Waals surface area contributed by atoms with Crippen molar-refractivity contribution in [3.8, 4) is 0 Å². The molecule has 0 bridgehead atoms. The molecule has 0 aliphatic carbocycles. The van der Waals surface area contributed by atoms with Crippen LogP contribution in [0.15, 0.2) is 24.3 Å². The summed E-state index contributed by atoms with van der Waals surface area (Å²) in [5.41, 5.74) is 0.860. The molecule has 3 nitrogen and oxygen atoms in total. The van der Waals surface area contributed by atoms with Crippen LogP contribution < -0.4 is 0 Å². The second-order valence-electron chi connectivity index (χ2n) is 3.68. The Balaban J connectivity index is 3.08. The van der Waals surface area contributed by atoms with Gasteiger partial charge in [0, 0.05) is 24.3 Å². The Hall–Kier alpha value is -1.38. The maximum Gasteiger partial charge on any atom is 0.241 e. The molecule has 0 radical (unpaired) electrons. The van der Waals surface area contributed by atoms with Crippen molar-refractivity contribution in [3.05, 3.63) is 45.5 Å². The molecular formula is C10H13NO2. The molecule has 0 aromatic heterocycles. The van der Waals surface area contributed by atoms with E-state index in [1.54, 1.807) is 26.0 Å². The zero-order valence-corrected chi connectivity index (χ0v) is 8.07. The van der Waals surface area contributed by atoms with Crippen LogP contribution >= 0.6 is 0 Å². The van der Waals surface area contributed by atoms with E-state index in [0.717, 1.165) is 11.1 Å². The highest BCUT2D eigenvalue weighted by molar-refractivity contribution is 5.25. The van der Waals surface area contributed by atoms with E-state index in [1.807, 2.05) is 19.1 Å². The van der Waals surface area contributed by atoms with Crippen molar-refractivity contribution in [1.82, 2.24) is 0 Å². The quantitative estimate of drug-likeness (QED) is 0.517. The third-order valence-electron chi connectivity index (χ3n) is 2.21. The number of hydrogen-bond acceptors (Lipinski definition) is 2. The van der Waals surface area contributed by atoms with Crippen LogP contribution in [0, 0.1) is 17.0 Å². The molecule has 3 heteroatoms. The van der Waals surface area contributed by atoms with Crippen molar-refractivity contribution in [1.29, 1.82) is 0 Å². The van der Waals surface area contributed by atoms with Gasteiger partial charge in [-0.3, -0.25) is 10.1 Å². The van der Waals surface area contributed by atoms with Crippen molar-refractivity contribution < 1.29 is 4.92 Å². The Morgan fingerprint density at radius 1 is 1.23 bits per heavy atom. The monoisotopic (exact) mass is 179 g/mol. The summed E-state index contributed by atoms with van der Waals surface area (Å²) in [6.45, 7) is 5.18. The minimum atomic E-state index is -0.992.